The lowest BCUT2D eigenvalue weighted by molar-refractivity contribution is -0.135. The normalized spacial score (nSPS) is 39.7. The van der Waals surface area contributed by atoms with Crippen LogP contribution in [0.5, 0.6) is 0 Å². The fourth-order valence-electron chi connectivity index (χ4n) is 5.12. The Bertz CT molecular complexity index is 481. The summed E-state index contributed by atoms with van der Waals surface area (Å²) in [6.45, 7) is 0. The molecule has 5 heteroatoms. The minimum absolute atomic E-state index is 0.230. The second-order valence-electron chi connectivity index (χ2n) is 6.74. The van der Waals surface area contributed by atoms with Crippen LogP contribution in [0.3, 0.4) is 0 Å². The lowest BCUT2D eigenvalue weighted by Gasteiger charge is -2.53. The second-order valence-corrected chi connectivity index (χ2v) is 6.74. The Morgan fingerprint density at radius 3 is 2.32 bits per heavy atom. The van der Waals surface area contributed by atoms with Crippen molar-refractivity contribution in [3.05, 3.63) is 5.82 Å². The third kappa shape index (κ3) is 1.86. The lowest BCUT2D eigenvalue weighted by Crippen LogP contribution is -2.48. The Kier molecular flexibility index (Phi) is 2.44. The van der Waals surface area contributed by atoms with E-state index in [0.717, 1.165) is 11.8 Å². The number of nitrogen functional groups attached to an aromatic ring is 1. The maximum Gasteiger partial charge on any atom is 0.239 e. The maximum absolute atomic E-state index is 12.6. The highest BCUT2D eigenvalue weighted by Crippen LogP contribution is 2.56. The first kappa shape index (κ1) is 11.4. The molecule has 4 bridgehead atoms. The third-order valence-electron chi connectivity index (χ3n) is 5.49. The highest BCUT2D eigenvalue weighted by Gasteiger charge is 2.50. The van der Waals surface area contributed by atoms with Crippen LogP contribution in [0.4, 0.5) is 5.95 Å². The highest BCUT2D eigenvalue weighted by molar-refractivity contribution is 5.83. The van der Waals surface area contributed by atoms with E-state index in [0.29, 0.717) is 29.9 Å². The number of hydrogen-bond donors (Lipinski definition) is 2. The minimum Gasteiger partial charge on any atom is -0.367 e. The number of aromatic nitrogens is 3. The molecular weight excluding hydrogens is 240 g/mol. The van der Waals surface area contributed by atoms with Crippen molar-refractivity contribution in [2.75, 3.05) is 5.73 Å². The maximum atomic E-state index is 12.6. The van der Waals surface area contributed by atoms with Gasteiger partial charge in [-0.3, -0.25) is 9.89 Å². The van der Waals surface area contributed by atoms with E-state index in [1.807, 2.05) is 0 Å². The van der Waals surface area contributed by atoms with Crippen molar-refractivity contribution in [3.63, 3.8) is 0 Å². The Morgan fingerprint density at radius 1 is 1.16 bits per heavy atom. The smallest absolute Gasteiger partial charge is 0.239 e. The molecule has 3 N–H and O–H groups in total. The quantitative estimate of drug-likeness (QED) is 0.864. The number of ketones is 1. The minimum atomic E-state index is 0.230. The van der Waals surface area contributed by atoms with Crippen LogP contribution in [-0.4, -0.2) is 21.0 Å². The van der Waals surface area contributed by atoms with Gasteiger partial charge in [0.05, 0.1) is 6.42 Å². The number of H-pyrrole nitrogens is 1. The van der Waals surface area contributed by atoms with Crippen molar-refractivity contribution in [1.82, 2.24) is 15.2 Å². The Labute approximate surface area is 112 Å². The molecule has 4 fully saturated rings. The number of nitrogens with zero attached hydrogens (tertiary/aromatic N) is 2. The number of carbonyl (C=O) groups is 1. The molecule has 0 aliphatic heterocycles. The third-order valence-corrected chi connectivity index (χ3v) is 5.49. The number of carbonyl (C=O) groups excluding carboxylic acids is 1. The standard InChI is InChI=1S/C14H20N4O/c15-14-16-12(17-18-14)6-11(19)13-9-2-7-1-8(4-9)5-10(13)3-7/h7-10,13H,1-6H2,(H3,15,16,17,18). The molecular formula is C14H20N4O. The first-order valence-corrected chi connectivity index (χ1v) is 7.38. The van der Waals surface area contributed by atoms with Gasteiger partial charge in [0.2, 0.25) is 5.95 Å². The summed E-state index contributed by atoms with van der Waals surface area (Å²) in [6.07, 6.45) is 6.91. The summed E-state index contributed by atoms with van der Waals surface area (Å²) in [4.78, 5) is 16.6. The number of rotatable bonds is 3. The van der Waals surface area contributed by atoms with Gasteiger partial charge < -0.3 is 5.73 Å². The predicted octanol–water partition coefficient (Wildman–Crippen LogP) is 1.57. The average molecular weight is 260 g/mol. The number of hydrogen-bond acceptors (Lipinski definition) is 4. The summed E-state index contributed by atoms with van der Waals surface area (Å²) in [5.41, 5.74) is 5.48. The van der Waals surface area contributed by atoms with Crippen LogP contribution >= 0.6 is 0 Å². The van der Waals surface area contributed by atoms with Crippen LogP contribution in [0.25, 0.3) is 0 Å². The number of nitrogens with two attached hydrogens (primary N) is 1. The molecule has 4 saturated carbocycles. The SMILES string of the molecule is Nc1n[nH]c(CC(=O)C2C3CC4CC(C3)CC2C4)n1. The monoisotopic (exact) mass is 260 g/mol. The first-order valence-electron chi connectivity index (χ1n) is 7.38. The van der Waals surface area contributed by atoms with Crippen molar-refractivity contribution in [1.29, 1.82) is 0 Å². The Morgan fingerprint density at radius 2 is 1.79 bits per heavy atom. The van der Waals surface area contributed by atoms with Gasteiger partial charge in [0.1, 0.15) is 11.6 Å². The van der Waals surface area contributed by atoms with Gasteiger partial charge in [-0.05, 0) is 55.8 Å². The predicted molar refractivity (Wildman–Crippen MR) is 70.0 cm³/mol. The molecule has 102 valence electrons. The van der Waals surface area contributed by atoms with E-state index in [-0.39, 0.29) is 11.9 Å². The average Bonchev–Trinajstić information content (AvgIpc) is 2.73. The van der Waals surface area contributed by atoms with Gasteiger partial charge >= 0.3 is 0 Å². The molecule has 4 aliphatic carbocycles. The van der Waals surface area contributed by atoms with Crippen LogP contribution < -0.4 is 5.73 Å². The molecule has 1 heterocycles. The summed E-state index contributed by atoms with van der Waals surface area (Å²) in [5.74, 6) is 4.58. The molecule has 19 heavy (non-hydrogen) atoms. The van der Waals surface area contributed by atoms with Gasteiger partial charge in [-0.1, -0.05) is 0 Å². The van der Waals surface area contributed by atoms with Crippen molar-refractivity contribution in [2.45, 2.75) is 38.5 Å². The Balaban J connectivity index is 1.51. The van der Waals surface area contributed by atoms with Gasteiger partial charge in [-0.2, -0.15) is 4.98 Å². The zero-order valence-electron chi connectivity index (χ0n) is 11.0. The molecule has 0 aromatic carbocycles. The molecule has 0 atom stereocenters. The van der Waals surface area contributed by atoms with Crippen molar-refractivity contribution in [2.24, 2.45) is 29.6 Å². The van der Waals surface area contributed by atoms with Crippen LogP contribution in [0.2, 0.25) is 0 Å². The van der Waals surface area contributed by atoms with Crippen molar-refractivity contribution >= 4 is 11.7 Å². The highest BCUT2D eigenvalue weighted by atomic mass is 16.1. The molecule has 5 nitrogen and oxygen atoms in total. The summed E-state index contributed by atoms with van der Waals surface area (Å²) in [6, 6.07) is 0. The zero-order chi connectivity index (χ0) is 13.0. The van der Waals surface area contributed by atoms with E-state index in [9.17, 15) is 4.79 Å². The molecule has 1 aromatic rings. The van der Waals surface area contributed by atoms with Crippen LogP contribution in [0.15, 0.2) is 0 Å². The number of anilines is 1. The lowest BCUT2D eigenvalue weighted by atomic mass is 9.51. The molecule has 5 rings (SSSR count). The van der Waals surface area contributed by atoms with Gasteiger partial charge in [-0.15, -0.1) is 5.10 Å². The van der Waals surface area contributed by atoms with Crippen molar-refractivity contribution in [3.8, 4) is 0 Å². The van der Waals surface area contributed by atoms with E-state index in [4.69, 9.17) is 5.73 Å². The summed E-state index contributed by atoms with van der Waals surface area (Å²) in [5, 5.41) is 6.55. The largest absolute Gasteiger partial charge is 0.367 e. The number of nitrogens with one attached hydrogen (secondary N) is 1. The first-order chi connectivity index (χ1) is 9.19. The number of aromatic amines is 1. The van der Waals surface area contributed by atoms with Crippen LogP contribution in [0, 0.1) is 29.6 Å². The van der Waals surface area contributed by atoms with E-state index < -0.39 is 0 Å². The van der Waals surface area contributed by atoms with Gasteiger partial charge in [0.15, 0.2) is 0 Å². The molecule has 1 aromatic heterocycles. The molecule has 0 saturated heterocycles. The molecule has 0 unspecified atom stereocenters. The molecule has 0 spiro atoms. The van der Waals surface area contributed by atoms with E-state index >= 15 is 0 Å². The van der Waals surface area contributed by atoms with Crippen LogP contribution in [-0.2, 0) is 11.2 Å². The number of Topliss-reactive ketones (excluding diaryl/α,β-unsaturated/α-hetero) is 1. The summed E-state index contributed by atoms with van der Waals surface area (Å²) in [7, 11) is 0. The topological polar surface area (TPSA) is 84.7 Å². The second kappa shape index (κ2) is 4.05. The van der Waals surface area contributed by atoms with Crippen molar-refractivity contribution < 1.29 is 4.79 Å². The molecule has 0 amide bonds. The van der Waals surface area contributed by atoms with Gasteiger partial charge in [0.25, 0.3) is 0 Å². The summed E-state index contributed by atoms with van der Waals surface area (Å²) < 4.78 is 0. The fourth-order valence-corrected chi connectivity index (χ4v) is 5.12. The summed E-state index contributed by atoms with van der Waals surface area (Å²) >= 11 is 0. The van der Waals surface area contributed by atoms with Gasteiger partial charge in [-0.25, -0.2) is 0 Å². The van der Waals surface area contributed by atoms with E-state index in [1.54, 1.807) is 0 Å². The zero-order valence-corrected chi connectivity index (χ0v) is 11.0. The van der Waals surface area contributed by atoms with E-state index in [2.05, 4.69) is 15.2 Å². The fraction of sp³-hybridized carbons (Fsp3) is 0.786. The van der Waals surface area contributed by atoms with Gasteiger partial charge in [0, 0.05) is 5.92 Å². The van der Waals surface area contributed by atoms with E-state index in [1.165, 1.54) is 32.1 Å². The molecule has 4 aliphatic rings. The molecule has 0 radical (unpaired) electrons. The van der Waals surface area contributed by atoms with Crippen LogP contribution in [0.1, 0.15) is 37.9 Å². The Hall–Kier alpha value is -1.39.